The van der Waals surface area contributed by atoms with E-state index in [1.165, 1.54) is 167 Å². The van der Waals surface area contributed by atoms with Crippen molar-refractivity contribution in [1.82, 2.24) is 0 Å². The molecule has 4 aliphatic heterocycles. The van der Waals surface area contributed by atoms with Gasteiger partial charge in [-0.05, 0) is 214 Å². The second-order valence-corrected chi connectivity index (χ2v) is 42.1. The van der Waals surface area contributed by atoms with Gasteiger partial charge < -0.3 is 32.9 Å². The molecule has 0 N–H and O–H groups in total. The fourth-order valence-electron chi connectivity index (χ4n) is 24.5. The van der Waals surface area contributed by atoms with E-state index < -0.39 is 0 Å². The smallest absolute Gasteiger partial charge is 0.374 e. The van der Waals surface area contributed by atoms with Crippen LogP contribution in [0.4, 0.5) is 22.7 Å². The van der Waals surface area contributed by atoms with Crippen molar-refractivity contribution in [2.45, 2.75) is 114 Å². The third-order valence-electron chi connectivity index (χ3n) is 31.6. The number of rotatable bonds is 22. The predicted octanol–water partition coefficient (Wildman–Crippen LogP) is 31.3. The summed E-state index contributed by atoms with van der Waals surface area (Å²) < 4.78 is 28.7. The topological polar surface area (TPSA) is 67.9 Å². The Labute approximate surface area is 884 Å². The number of nitrogens with zero attached hydrogens (tertiary/aromatic N) is 8. The molecular weight excluding hydrogens is 1850 g/mol. The van der Waals surface area contributed by atoms with Crippen LogP contribution in [-0.2, 0) is 80.9 Å². The first-order chi connectivity index (χ1) is 73.4. The van der Waals surface area contributed by atoms with E-state index >= 15 is 0 Å². The molecule has 0 bridgehead atoms. The van der Waals surface area contributed by atoms with E-state index in [1.54, 1.807) is 0 Å². The van der Waals surface area contributed by atoms with Gasteiger partial charge in [-0.2, -0.15) is 18.3 Å². The fraction of sp³-hybridized carbons (Fsp3) is 0.174. The molecule has 21 aromatic rings. The summed E-state index contributed by atoms with van der Waals surface area (Å²) in [6.45, 7) is 13.5. The van der Waals surface area contributed by atoms with Gasteiger partial charge in [-0.25, -0.2) is 0 Å². The minimum Gasteiger partial charge on any atom is -0.398 e. The van der Waals surface area contributed by atoms with Crippen molar-refractivity contribution in [3.8, 4) is 0 Å². The van der Waals surface area contributed by atoms with Crippen LogP contribution >= 0.6 is 11.3 Å². The van der Waals surface area contributed by atoms with Crippen LogP contribution in [0.15, 0.2) is 479 Å². The standard InChI is InChI=1S/C38H33N2O.C35H35N2S.C33H31N2O.C32H29N2O/c1-39-33-25-24-30-18-9-10-19-31(30)37(33)38(26-28-14-5-3-6-15-28,27-29-16-7-4-8-17-29)35(39)22-13-23-36-40(2)32-20-11-12-21-34(32)41-36;1-4-5-24-37-30-18-11-12-19-31(30)38-33(37)21-13-20-32-35(2,25-26-14-7-6-8-15-26)29-23-22-27-16-9-10-17-28(27)34(29)36(32)3;1-4-35-27-17-10-11-18-29(27)36-31(35)20-12-19-30-33(2,23-24-13-6-5-7-14-24)32-26-16-9-8-15-25(26)21-22-28(32)34(30)3;1-32(22-23-12-5-4-6-13-23)29(18-11-19-30-34(3)26-16-9-10-17-28(26)35-30)33(2)27-21-20-24-14-7-8-15-25(24)31(27)32/h3-25H,26-27H2,1-2H3;6-23H,4-5,24-25H2,1-3H3;5-22H,4,23H2,1-3H3;4-21H,22H2,1-3H3/q4*+1. The Bertz CT molecular complexity index is 8820. The van der Waals surface area contributed by atoms with E-state index in [1.807, 2.05) is 66.9 Å². The van der Waals surface area contributed by atoms with Crippen molar-refractivity contribution in [1.29, 1.82) is 0 Å². The second-order valence-electron chi connectivity index (χ2n) is 41.0. The third kappa shape index (κ3) is 18.6. The van der Waals surface area contributed by atoms with E-state index in [0.29, 0.717) is 0 Å². The summed E-state index contributed by atoms with van der Waals surface area (Å²) in [7, 11) is 12.9. The van der Waals surface area contributed by atoms with Crippen molar-refractivity contribution < 1.29 is 31.5 Å². The highest BCUT2D eigenvalue weighted by Crippen LogP contribution is 2.58. The van der Waals surface area contributed by atoms with Gasteiger partial charge in [-0.3, -0.25) is 0 Å². The summed E-state index contributed by atoms with van der Waals surface area (Å²) in [6.07, 6.45) is 33.4. The van der Waals surface area contributed by atoms with Gasteiger partial charge in [-0.1, -0.05) is 377 Å². The molecule has 17 aromatic carbocycles. The highest BCUT2D eigenvalue weighted by Gasteiger charge is 2.50. The predicted molar refractivity (Wildman–Crippen MR) is 626 cm³/mol. The largest absolute Gasteiger partial charge is 0.398 e. The molecule has 4 aromatic heterocycles. The van der Waals surface area contributed by atoms with E-state index in [-0.39, 0.29) is 21.7 Å². The highest BCUT2D eigenvalue weighted by atomic mass is 32.1. The van der Waals surface area contributed by atoms with Crippen LogP contribution in [0.1, 0.15) is 120 Å². The summed E-state index contributed by atoms with van der Waals surface area (Å²) >= 11 is 1.88. The van der Waals surface area contributed by atoms with Gasteiger partial charge in [0.05, 0.1) is 23.9 Å². The van der Waals surface area contributed by atoms with Gasteiger partial charge in [-0.15, -0.1) is 0 Å². The normalized spacial score (nSPS) is 17.7. The number of aromatic nitrogens is 4. The Morgan fingerprint density at radius 1 is 0.293 bits per heavy atom. The quantitative estimate of drug-likeness (QED) is 0.0626. The molecule has 0 saturated carbocycles. The lowest BCUT2D eigenvalue weighted by Crippen LogP contribution is -2.34. The lowest BCUT2D eigenvalue weighted by Gasteiger charge is -2.34. The SMILES string of the molecule is CCCC[n+]1c(C=CC=C2N(C)c3c(ccc4ccccc34)C2(C)Cc2ccccc2)sc2ccccc21.CC[n+]1c(C=CC=C2N(C)c3ccc4ccccc4c3C2(C)Cc2ccccc2)oc2ccccc21.CN1C(=CC=Cc2oc3ccccc3[n+]2C)C(C)(Cc2ccccc2)c2c1ccc1ccccc21.CN1C(=CC=Cc2oc3ccccc3[n+]2C)C(Cc2ccccc2)(Cc2ccccc2)c2c1ccc1ccccc21. The Kier molecular flexibility index (Phi) is 27.5. The maximum atomic E-state index is 6.19. The average molecular weight is 1980 g/mol. The fourth-order valence-corrected chi connectivity index (χ4v) is 25.6. The second kappa shape index (κ2) is 42.2. The Morgan fingerprint density at radius 2 is 0.627 bits per heavy atom. The Balaban J connectivity index is 0.000000113. The average Bonchev–Trinajstić information content (AvgIpc) is 1.55. The molecule has 0 saturated heterocycles. The maximum Gasteiger partial charge on any atom is 0.374 e. The van der Waals surface area contributed by atoms with Crippen molar-refractivity contribution in [2.24, 2.45) is 14.1 Å². The van der Waals surface area contributed by atoms with Crippen LogP contribution in [0.25, 0.3) is 111 Å². The molecular formula is C138H128N8O3S+4. The highest BCUT2D eigenvalue weighted by molar-refractivity contribution is 7.18. The number of allylic oxidation sites excluding steroid dienone is 12. The Morgan fingerprint density at radius 3 is 1.08 bits per heavy atom. The summed E-state index contributed by atoms with van der Waals surface area (Å²) in [5, 5.41) is 11.7. The monoisotopic (exact) mass is 1980 g/mol. The minimum atomic E-state index is -0.270. The van der Waals surface area contributed by atoms with Crippen molar-refractivity contribution in [3.05, 3.63) is 538 Å². The van der Waals surface area contributed by atoms with Crippen LogP contribution < -0.4 is 37.9 Å². The Hall–Kier alpha value is -16.8. The number of unbranched alkanes of at least 4 members (excludes halogenated alkanes) is 1. The molecule has 0 fully saturated rings. The summed E-state index contributed by atoms with van der Waals surface area (Å²) in [4.78, 5) is 9.55. The van der Waals surface area contributed by atoms with Crippen LogP contribution in [0, 0.1) is 0 Å². The van der Waals surface area contributed by atoms with Gasteiger partial charge in [0.2, 0.25) is 22.3 Å². The first-order valence-corrected chi connectivity index (χ1v) is 53.6. The van der Waals surface area contributed by atoms with E-state index in [9.17, 15) is 0 Å². The van der Waals surface area contributed by atoms with Crippen LogP contribution in [0.3, 0.4) is 0 Å². The third-order valence-corrected chi connectivity index (χ3v) is 32.7. The summed E-state index contributed by atoms with van der Waals surface area (Å²) in [5.74, 6) is 2.52. The van der Waals surface area contributed by atoms with E-state index in [4.69, 9.17) is 13.3 Å². The number of aryl methyl sites for hydroxylation is 4. The van der Waals surface area contributed by atoms with E-state index in [2.05, 4.69) is 526 Å². The number of fused-ring (bicyclic) bond motifs is 16. The minimum absolute atomic E-state index is 0.127. The van der Waals surface area contributed by atoms with Crippen LogP contribution in [-0.4, -0.2) is 28.2 Å². The van der Waals surface area contributed by atoms with Gasteiger partial charge in [0.25, 0.3) is 21.6 Å². The van der Waals surface area contributed by atoms with Crippen molar-refractivity contribution in [2.75, 3.05) is 47.8 Å². The van der Waals surface area contributed by atoms with E-state index in [0.717, 1.165) is 96.2 Å². The molecule has 12 heteroatoms. The molecule has 4 aliphatic rings. The van der Waals surface area contributed by atoms with Crippen molar-refractivity contribution >= 4 is 145 Å². The number of thiazole rings is 1. The molecule has 11 nitrogen and oxygen atoms in total. The molecule has 0 aliphatic carbocycles. The number of oxazole rings is 3. The van der Waals surface area contributed by atoms with Crippen LogP contribution in [0.2, 0.25) is 0 Å². The molecule has 3 atom stereocenters. The molecule has 3 unspecified atom stereocenters. The number of para-hydroxylation sites is 7. The number of hydrogen-bond donors (Lipinski definition) is 0. The lowest BCUT2D eigenvalue weighted by atomic mass is 9.69. The molecule has 150 heavy (non-hydrogen) atoms. The van der Waals surface area contributed by atoms with Crippen LogP contribution in [0.5, 0.6) is 0 Å². The summed E-state index contributed by atoms with van der Waals surface area (Å²) in [6, 6.07) is 141. The zero-order valence-corrected chi connectivity index (χ0v) is 88.3. The molecule has 8 heterocycles. The number of anilines is 4. The molecule has 25 rings (SSSR count). The maximum absolute atomic E-state index is 6.19. The van der Waals surface area contributed by atoms with Gasteiger partial charge in [0.1, 0.15) is 25.3 Å². The molecule has 740 valence electrons. The molecule has 0 amide bonds. The van der Waals surface area contributed by atoms with Gasteiger partial charge in [0, 0.05) is 132 Å². The molecule has 0 spiro atoms. The van der Waals surface area contributed by atoms with Gasteiger partial charge >= 0.3 is 17.7 Å². The molecule has 0 radical (unpaired) electrons. The number of benzene rings is 17. The number of likely N-dealkylation sites (N-methyl/N-ethyl adjacent to an activating group) is 4. The zero-order chi connectivity index (χ0) is 103. The van der Waals surface area contributed by atoms with Crippen molar-refractivity contribution in [3.63, 3.8) is 0 Å². The summed E-state index contributed by atoms with van der Waals surface area (Å²) in [5.41, 5.74) is 29.2. The first kappa shape index (κ1) is 97.9. The number of hydrogen-bond acceptors (Lipinski definition) is 8. The zero-order valence-electron chi connectivity index (χ0n) is 87.5. The lowest BCUT2D eigenvalue weighted by molar-refractivity contribution is -0.674. The first-order valence-electron chi connectivity index (χ1n) is 52.8. The van der Waals surface area contributed by atoms with Gasteiger partial charge in [0.15, 0.2) is 6.54 Å².